The summed E-state index contributed by atoms with van der Waals surface area (Å²) in [6, 6.07) is 18.0. The van der Waals surface area contributed by atoms with Gasteiger partial charge in [-0.15, -0.1) is 0 Å². The molecule has 35 heavy (non-hydrogen) atoms. The number of anilines is 1. The van der Waals surface area contributed by atoms with Crippen molar-refractivity contribution in [2.24, 2.45) is 0 Å². The molecule has 10 heteroatoms. The summed E-state index contributed by atoms with van der Waals surface area (Å²) in [5, 5.41) is 2.63. The minimum atomic E-state index is -4.02. The van der Waals surface area contributed by atoms with Crippen LogP contribution in [0.5, 0.6) is 0 Å². The van der Waals surface area contributed by atoms with Crippen LogP contribution in [0, 0.1) is 5.82 Å². The van der Waals surface area contributed by atoms with Gasteiger partial charge in [-0.3, -0.25) is 9.59 Å². The zero-order chi connectivity index (χ0) is 25.0. The lowest BCUT2D eigenvalue weighted by Crippen LogP contribution is -2.41. The largest absolute Gasteiger partial charge is 0.456 e. The second-order valence-corrected chi connectivity index (χ2v) is 10.8. The van der Waals surface area contributed by atoms with Gasteiger partial charge in [-0.05, 0) is 60.0 Å². The average Bonchev–Trinajstić information content (AvgIpc) is 2.83. The molecule has 3 aromatic carbocycles. The summed E-state index contributed by atoms with van der Waals surface area (Å²) in [7, 11) is -4.02. The van der Waals surface area contributed by atoms with E-state index in [1.165, 1.54) is 16.4 Å². The molecule has 1 N–H and O–H groups in total. The molecule has 0 aliphatic carbocycles. The number of amides is 1. The number of sulfonamides is 1. The summed E-state index contributed by atoms with van der Waals surface area (Å²) in [6.07, 6.45) is 0.193. The van der Waals surface area contributed by atoms with Gasteiger partial charge in [0.15, 0.2) is 6.61 Å². The Morgan fingerprint density at radius 2 is 1.80 bits per heavy atom. The molecule has 0 radical (unpaired) electrons. The summed E-state index contributed by atoms with van der Waals surface area (Å²) in [4.78, 5) is 24.9. The van der Waals surface area contributed by atoms with E-state index in [4.69, 9.17) is 4.74 Å². The van der Waals surface area contributed by atoms with Gasteiger partial charge >= 0.3 is 5.97 Å². The maximum atomic E-state index is 13.4. The lowest BCUT2D eigenvalue weighted by molar-refractivity contribution is -0.148. The monoisotopic (exact) mass is 560 g/mol. The van der Waals surface area contributed by atoms with Crippen molar-refractivity contribution in [2.45, 2.75) is 23.8 Å². The fourth-order valence-corrected chi connectivity index (χ4v) is 6.00. The zero-order valence-corrected chi connectivity index (χ0v) is 20.9. The number of fused-ring (bicyclic) bond motifs is 1. The van der Waals surface area contributed by atoms with Crippen LogP contribution in [-0.4, -0.2) is 37.8 Å². The third kappa shape index (κ3) is 5.95. The van der Waals surface area contributed by atoms with Gasteiger partial charge < -0.3 is 10.1 Å². The molecule has 0 fully saturated rings. The maximum absolute atomic E-state index is 13.4. The van der Waals surface area contributed by atoms with E-state index >= 15 is 0 Å². The number of nitrogens with zero attached hydrogens (tertiary/aromatic N) is 1. The molecule has 0 aromatic heterocycles. The number of carbonyl (C=O) groups excluding carboxylic acids is 2. The number of benzene rings is 3. The van der Waals surface area contributed by atoms with Crippen LogP contribution >= 0.6 is 15.9 Å². The highest BCUT2D eigenvalue weighted by Crippen LogP contribution is 2.36. The molecule has 1 atom stereocenters. The van der Waals surface area contributed by atoms with E-state index in [2.05, 4.69) is 21.2 Å². The Morgan fingerprint density at radius 1 is 1.06 bits per heavy atom. The summed E-state index contributed by atoms with van der Waals surface area (Å²) in [5.74, 6) is -1.78. The second-order valence-electron chi connectivity index (χ2n) is 7.96. The molecule has 0 saturated heterocycles. The third-order valence-electron chi connectivity index (χ3n) is 5.62. The highest BCUT2D eigenvalue weighted by atomic mass is 79.9. The molecule has 0 spiro atoms. The summed E-state index contributed by atoms with van der Waals surface area (Å²) in [6.45, 7) is -0.359. The number of rotatable bonds is 7. The van der Waals surface area contributed by atoms with E-state index in [1.807, 2.05) is 18.2 Å². The number of ether oxygens (including phenoxy) is 1. The van der Waals surface area contributed by atoms with Gasteiger partial charge in [-0.25, -0.2) is 12.8 Å². The van der Waals surface area contributed by atoms with Crippen LogP contribution in [0.4, 0.5) is 10.1 Å². The molecule has 1 amide bonds. The number of esters is 1. The smallest absolute Gasteiger partial charge is 0.308 e. The highest BCUT2D eigenvalue weighted by molar-refractivity contribution is 9.10. The van der Waals surface area contributed by atoms with E-state index in [1.54, 1.807) is 30.3 Å². The lowest BCUT2D eigenvalue weighted by Gasteiger charge is -2.36. The van der Waals surface area contributed by atoms with Crippen molar-refractivity contribution in [3.8, 4) is 0 Å². The van der Waals surface area contributed by atoms with Gasteiger partial charge in [-0.1, -0.05) is 46.3 Å². The first-order valence-electron chi connectivity index (χ1n) is 10.8. The number of hydrogen-bond donors (Lipinski definition) is 1. The van der Waals surface area contributed by atoms with Gasteiger partial charge in [-0.2, -0.15) is 4.31 Å². The summed E-state index contributed by atoms with van der Waals surface area (Å²) >= 11 is 3.32. The van der Waals surface area contributed by atoms with Crippen molar-refractivity contribution < 1.29 is 27.1 Å². The predicted octanol–water partition coefficient (Wildman–Crippen LogP) is 4.45. The molecule has 7 nitrogen and oxygen atoms in total. The van der Waals surface area contributed by atoms with E-state index in [0.717, 1.165) is 22.2 Å². The Balaban J connectivity index is 1.50. The van der Waals surface area contributed by atoms with Crippen LogP contribution in [0.1, 0.15) is 23.6 Å². The highest BCUT2D eigenvalue weighted by Gasteiger charge is 2.37. The van der Waals surface area contributed by atoms with Crippen LogP contribution < -0.4 is 5.32 Å². The van der Waals surface area contributed by atoms with Gasteiger partial charge in [0, 0.05) is 16.7 Å². The predicted molar refractivity (Wildman–Crippen MR) is 132 cm³/mol. The number of halogens is 2. The molecule has 3 aromatic rings. The Morgan fingerprint density at radius 3 is 2.54 bits per heavy atom. The molecular weight excluding hydrogens is 539 g/mol. The van der Waals surface area contributed by atoms with Crippen molar-refractivity contribution in [1.29, 1.82) is 0 Å². The molecule has 182 valence electrons. The van der Waals surface area contributed by atoms with Crippen molar-refractivity contribution in [3.63, 3.8) is 0 Å². The van der Waals surface area contributed by atoms with E-state index in [-0.39, 0.29) is 17.9 Å². The van der Waals surface area contributed by atoms with Gasteiger partial charge in [0.2, 0.25) is 10.0 Å². The lowest BCUT2D eigenvalue weighted by atomic mass is 9.92. The Kier molecular flexibility index (Phi) is 7.63. The van der Waals surface area contributed by atoms with E-state index < -0.39 is 40.4 Å². The van der Waals surface area contributed by atoms with Crippen LogP contribution in [0.15, 0.2) is 82.2 Å². The van der Waals surface area contributed by atoms with E-state index in [9.17, 15) is 22.4 Å². The van der Waals surface area contributed by atoms with Crippen LogP contribution in [0.25, 0.3) is 0 Å². The molecular formula is C25H22BrFN2O5S. The summed E-state index contributed by atoms with van der Waals surface area (Å²) in [5.41, 5.74) is 2.17. The van der Waals surface area contributed by atoms with Crippen molar-refractivity contribution >= 4 is 43.5 Å². The zero-order valence-electron chi connectivity index (χ0n) is 18.5. The van der Waals surface area contributed by atoms with Gasteiger partial charge in [0.05, 0.1) is 17.4 Å². The maximum Gasteiger partial charge on any atom is 0.308 e. The van der Waals surface area contributed by atoms with Crippen molar-refractivity contribution in [3.05, 3.63) is 94.2 Å². The van der Waals surface area contributed by atoms with Crippen molar-refractivity contribution in [2.75, 3.05) is 18.5 Å². The minimum Gasteiger partial charge on any atom is -0.456 e. The first kappa shape index (κ1) is 25.0. The molecule has 1 heterocycles. The fourth-order valence-electron chi connectivity index (χ4n) is 4.00. The SMILES string of the molecule is O=C(COC(=O)CC1c2ccccc2CCN1S(=O)(=O)c1ccc(F)cc1)Nc1cccc(Br)c1. The third-order valence-corrected chi connectivity index (χ3v) is 8.03. The fraction of sp³-hybridized carbons (Fsp3) is 0.200. The molecule has 1 aliphatic rings. The van der Waals surface area contributed by atoms with Gasteiger partial charge in [0.25, 0.3) is 5.91 Å². The quantitative estimate of drug-likeness (QED) is 0.431. The van der Waals surface area contributed by atoms with Crippen LogP contribution in [0.2, 0.25) is 0 Å². The standard InChI is InChI=1S/C25H22BrFN2O5S/c26-18-5-3-6-20(14-18)28-24(30)16-34-25(31)15-23-22-7-2-1-4-17(22)12-13-29(23)35(32,33)21-10-8-19(27)9-11-21/h1-11,14,23H,12-13,15-16H2,(H,28,30). The van der Waals surface area contributed by atoms with Crippen LogP contribution in [0.3, 0.4) is 0 Å². The first-order valence-corrected chi connectivity index (χ1v) is 13.0. The normalized spacial score (nSPS) is 15.8. The molecule has 0 bridgehead atoms. The number of hydrogen-bond acceptors (Lipinski definition) is 5. The van der Waals surface area contributed by atoms with Crippen molar-refractivity contribution in [1.82, 2.24) is 4.31 Å². The average molecular weight is 561 g/mol. The molecule has 1 aliphatic heterocycles. The molecule has 0 saturated carbocycles. The Labute approximate surface area is 211 Å². The second kappa shape index (κ2) is 10.7. The molecule has 4 rings (SSSR count). The number of nitrogens with one attached hydrogen (secondary N) is 1. The topological polar surface area (TPSA) is 92.8 Å². The Bertz CT molecular complexity index is 1350. The first-order chi connectivity index (χ1) is 16.7. The molecule has 1 unspecified atom stereocenters. The van der Waals surface area contributed by atoms with Crippen LogP contribution in [-0.2, 0) is 30.8 Å². The number of carbonyl (C=O) groups is 2. The minimum absolute atomic E-state index is 0.0648. The van der Waals surface area contributed by atoms with E-state index in [0.29, 0.717) is 17.7 Å². The summed E-state index contributed by atoms with van der Waals surface area (Å²) < 4.78 is 47.3. The Hall–Kier alpha value is -3.08. The van der Waals surface area contributed by atoms with Gasteiger partial charge in [0.1, 0.15) is 5.82 Å².